The SMILES string of the molecule is CC(OC(=O)c1cccc2nccnc12)C(=O)Nc1ccc(F)cc1. The maximum absolute atomic E-state index is 12.9. The summed E-state index contributed by atoms with van der Waals surface area (Å²) in [5.74, 6) is -1.60. The van der Waals surface area contributed by atoms with Gasteiger partial charge in [-0.1, -0.05) is 6.07 Å². The molecule has 6 nitrogen and oxygen atoms in total. The molecule has 2 aromatic carbocycles. The minimum Gasteiger partial charge on any atom is -0.449 e. The number of benzene rings is 2. The number of aromatic nitrogens is 2. The molecule has 0 aliphatic rings. The van der Waals surface area contributed by atoms with Gasteiger partial charge in [-0.3, -0.25) is 14.8 Å². The molecule has 126 valence electrons. The second kappa shape index (κ2) is 7.04. The fourth-order valence-electron chi connectivity index (χ4n) is 2.21. The molecule has 25 heavy (non-hydrogen) atoms. The Hall–Kier alpha value is -3.35. The monoisotopic (exact) mass is 339 g/mol. The fraction of sp³-hybridized carbons (Fsp3) is 0.111. The van der Waals surface area contributed by atoms with Gasteiger partial charge in [-0.2, -0.15) is 0 Å². The zero-order valence-electron chi connectivity index (χ0n) is 13.3. The smallest absolute Gasteiger partial charge is 0.341 e. The molecule has 0 aliphatic carbocycles. The van der Waals surface area contributed by atoms with E-state index in [1.54, 1.807) is 18.2 Å². The van der Waals surface area contributed by atoms with Gasteiger partial charge in [0.05, 0.1) is 11.1 Å². The molecule has 1 heterocycles. The quantitative estimate of drug-likeness (QED) is 0.739. The first kappa shape index (κ1) is 16.5. The first-order chi connectivity index (χ1) is 12.0. The molecular formula is C18H14FN3O3. The van der Waals surface area contributed by atoms with Crippen molar-refractivity contribution in [3.05, 3.63) is 66.2 Å². The van der Waals surface area contributed by atoms with Gasteiger partial charge in [-0.25, -0.2) is 9.18 Å². The van der Waals surface area contributed by atoms with Gasteiger partial charge < -0.3 is 10.1 Å². The molecule has 3 rings (SSSR count). The number of rotatable bonds is 4. The molecule has 0 fully saturated rings. The fourth-order valence-corrected chi connectivity index (χ4v) is 2.21. The Kier molecular flexibility index (Phi) is 4.65. The van der Waals surface area contributed by atoms with Crippen LogP contribution in [0.3, 0.4) is 0 Å². The summed E-state index contributed by atoms with van der Waals surface area (Å²) in [6, 6.07) is 10.2. The third-order valence-corrected chi connectivity index (χ3v) is 3.48. The van der Waals surface area contributed by atoms with Crippen LogP contribution in [0.2, 0.25) is 0 Å². The van der Waals surface area contributed by atoms with Crippen molar-refractivity contribution in [1.82, 2.24) is 9.97 Å². The second-order valence-electron chi connectivity index (χ2n) is 5.27. The number of esters is 1. The van der Waals surface area contributed by atoms with Gasteiger partial charge >= 0.3 is 5.97 Å². The standard InChI is InChI=1S/C18H14FN3O3/c1-11(17(23)22-13-7-5-12(19)6-8-13)25-18(24)14-3-2-4-15-16(14)21-10-9-20-15/h2-11H,1H3,(H,22,23). The molecule has 1 aromatic heterocycles. The van der Waals surface area contributed by atoms with E-state index in [0.717, 1.165) is 0 Å². The first-order valence-electron chi connectivity index (χ1n) is 7.52. The zero-order chi connectivity index (χ0) is 17.8. The molecule has 1 unspecified atom stereocenters. The van der Waals surface area contributed by atoms with Crippen LogP contribution in [0.4, 0.5) is 10.1 Å². The molecule has 7 heteroatoms. The maximum Gasteiger partial charge on any atom is 0.341 e. The van der Waals surface area contributed by atoms with E-state index in [4.69, 9.17) is 4.74 Å². The third-order valence-electron chi connectivity index (χ3n) is 3.48. The molecule has 0 bridgehead atoms. The van der Waals surface area contributed by atoms with E-state index in [2.05, 4.69) is 15.3 Å². The Morgan fingerprint density at radius 1 is 1.08 bits per heavy atom. The molecule has 1 N–H and O–H groups in total. The average molecular weight is 339 g/mol. The maximum atomic E-state index is 12.9. The predicted molar refractivity (Wildman–Crippen MR) is 89.4 cm³/mol. The van der Waals surface area contributed by atoms with E-state index in [1.807, 2.05) is 0 Å². The average Bonchev–Trinajstić information content (AvgIpc) is 2.63. The van der Waals surface area contributed by atoms with Crippen LogP contribution in [0.1, 0.15) is 17.3 Å². The van der Waals surface area contributed by atoms with E-state index in [0.29, 0.717) is 16.7 Å². The van der Waals surface area contributed by atoms with Crippen LogP contribution in [0.25, 0.3) is 11.0 Å². The van der Waals surface area contributed by atoms with Crippen molar-refractivity contribution in [2.24, 2.45) is 0 Å². The summed E-state index contributed by atoms with van der Waals surface area (Å²) >= 11 is 0. The lowest BCUT2D eigenvalue weighted by Gasteiger charge is -2.14. The molecule has 3 aromatic rings. The highest BCUT2D eigenvalue weighted by molar-refractivity contribution is 6.03. The normalized spacial score (nSPS) is 11.8. The highest BCUT2D eigenvalue weighted by Crippen LogP contribution is 2.16. The van der Waals surface area contributed by atoms with E-state index in [1.165, 1.54) is 43.6 Å². The Bertz CT molecular complexity index is 923. The van der Waals surface area contributed by atoms with Crippen molar-refractivity contribution in [3.63, 3.8) is 0 Å². The minimum absolute atomic E-state index is 0.229. The topological polar surface area (TPSA) is 81.2 Å². The summed E-state index contributed by atoms with van der Waals surface area (Å²) in [6.45, 7) is 1.45. The van der Waals surface area contributed by atoms with Crippen molar-refractivity contribution in [2.75, 3.05) is 5.32 Å². The second-order valence-corrected chi connectivity index (χ2v) is 5.27. The van der Waals surface area contributed by atoms with Gasteiger partial charge in [0.2, 0.25) is 0 Å². The molecule has 0 saturated carbocycles. The first-order valence-corrected chi connectivity index (χ1v) is 7.52. The number of carbonyl (C=O) groups excluding carboxylic acids is 2. The number of nitrogens with one attached hydrogen (secondary N) is 1. The summed E-state index contributed by atoms with van der Waals surface area (Å²) in [5, 5.41) is 2.55. The Labute approximate surface area is 142 Å². The molecule has 0 saturated heterocycles. The number of anilines is 1. The number of hydrogen-bond acceptors (Lipinski definition) is 5. The number of hydrogen-bond donors (Lipinski definition) is 1. The number of halogens is 1. The van der Waals surface area contributed by atoms with Crippen LogP contribution >= 0.6 is 0 Å². The highest BCUT2D eigenvalue weighted by atomic mass is 19.1. The molecule has 0 radical (unpaired) electrons. The van der Waals surface area contributed by atoms with Crippen molar-refractivity contribution in [1.29, 1.82) is 0 Å². The molecule has 0 spiro atoms. The number of nitrogens with zero attached hydrogens (tertiary/aromatic N) is 2. The van der Waals surface area contributed by atoms with Crippen molar-refractivity contribution in [3.8, 4) is 0 Å². The van der Waals surface area contributed by atoms with E-state index < -0.39 is 23.8 Å². The van der Waals surface area contributed by atoms with Gasteiger partial charge in [0, 0.05) is 18.1 Å². The van der Waals surface area contributed by atoms with Gasteiger partial charge in [0.15, 0.2) is 6.10 Å². The van der Waals surface area contributed by atoms with Crippen LogP contribution in [0, 0.1) is 5.82 Å². The number of amides is 1. The molecule has 0 aliphatic heterocycles. The van der Waals surface area contributed by atoms with E-state index in [9.17, 15) is 14.0 Å². The van der Waals surface area contributed by atoms with Crippen molar-refractivity contribution >= 4 is 28.6 Å². The zero-order valence-corrected chi connectivity index (χ0v) is 13.3. The summed E-state index contributed by atoms with van der Waals surface area (Å²) in [4.78, 5) is 32.7. The lowest BCUT2D eigenvalue weighted by atomic mass is 10.2. The molecular weight excluding hydrogens is 325 g/mol. The van der Waals surface area contributed by atoms with Gasteiger partial charge in [-0.15, -0.1) is 0 Å². The number of fused-ring (bicyclic) bond motifs is 1. The van der Waals surface area contributed by atoms with Crippen LogP contribution in [-0.4, -0.2) is 27.9 Å². The van der Waals surface area contributed by atoms with Crippen LogP contribution in [-0.2, 0) is 9.53 Å². The third kappa shape index (κ3) is 3.77. The number of para-hydroxylation sites is 1. The van der Waals surface area contributed by atoms with Gasteiger partial charge in [0.1, 0.15) is 11.3 Å². The van der Waals surface area contributed by atoms with Gasteiger partial charge in [0.25, 0.3) is 5.91 Å². The molecule has 1 atom stereocenters. The van der Waals surface area contributed by atoms with Crippen molar-refractivity contribution < 1.29 is 18.7 Å². The summed E-state index contributed by atoms with van der Waals surface area (Å²) in [7, 11) is 0. The Morgan fingerprint density at radius 3 is 2.56 bits per heavy atom. The van der Waals surface area contributed by atoms with Crippen LogP contribution < -0.4 is 5.32 Å². The predicted octanol–water partition coefficient (Wildman–Crippen LogP) is 2.95. The largest absolute Gasteiger partial charge is 0.449 e. The van der Waals surface area contributed by atoms with Crippen molar-refractivity contribution in [2.45, 2.75) is 13.0 Å². The Morgan fingerprint density at radius 2 is 1.80 bits per heavy atom. The van der Waals surface area contributed by atoms with E-state index in [-0.39, 0.29) is 5.56 Å². The lowest BCUT2D eigenvalue weighted by Crippen LogP contribution is -2.30. The summed E-state index contributed by atoms with van der Waals surface area (Å²) in [5.41, 5.74) is 1.60. The number of ether oxygens (including phenoxy) is 1. The molecule has 1 amide bonds. The lowest BCUT2D eigenvalue weighted by molar-refractivity contribution is -0.123. The van der Waals surface area contributed by atoms with E-state index >= 15 is 0 Å². The van der Waals surface area contributed by atoms with Crippen LogP contribution in [0.15, 0.2) is 54.9 Å². The van der Waals surface area contributed by atoms with Gasteiger partial charge in [-0.05, 0) is 43.3 Å². The number of carbonyl (C=O) groups is 2. The van der Waals surface area contributed by atoms with Crippen LogP contribution in [0.5, 0.6) is 0 Å². The summed E-state index contributed by atoms with van der Waals surface area (Å²) in [6.07, 6.45) is 1.96. The highest BCUT2D eigenvalue weighted by Gasteiger charge is 2.21. The minimum atomic E-state index is -1.04. The Balaban J connectivity index is 1.71. The summed E-state index contributed by atoms with van der Waals surface area (Å²) < 4.78 is 18.1.